The summed E-state index contributed by atoms with van der Waals surface area (Å²) in [6, 6.07) is 7.41. The summed E-state index contributed by atoms with van der Waals surface area (Å²) in [7, 11) is 0. The quantitative estimate of drug-likeness (QED) is 0.558. The predicted octanol–water partition coefficient (Wildman–Crippen LogP) is 2.22. The molecular weight excluding hydrogens is 322 g/mol. The van der Waals surface area contributed by atoms with Gasteiger partial charge in [0.05, 0.1) is 18.9 Å². The third-order valence-corrected chi connectivity index (χ3v) is 4.35. The molecule has 1 aromatic heterocycles. The Bertz CT molecular complexity index is 561. The first-order valence-electron chi connectivity index (χ1n) is 6.79. The van der Waals surface area contributed by atoms with Gasteiger partial charge in [-0.25, -0.2) is 0 Å². The number of ether oxygens (including phenoxy) is 2. The topological polar surface area (TPSA) is 73.3 Å². The summed E-state index contributed by atoms with van der Waals surface area (Å²) in [6.45, 7) is 3.46. The molecule has 0 fully saturated rings. The fourth-order valence-corrected chi connectivity index (χ4v) is 2.88. The van der Waals surface area contributed by atoms with Crippen LogP contribution in [-0.4, -0.2) is 41.6 Å². The van der Waals surface area contributed by atoms with Gasteiger partial charge in [-0.3, -0.25) is 4.79 Å². The van der Waals surface area contributed by atoms with Crippen molar-refractivity contribution in [3.05, 3.63) is 29.8 Å². The Balaban J connectivity index is 1.59. The maximum Gasteiger partial charge on any atom is 0.230 e. The molecule has 6 nitrogen and oxygen atoms in total. The van der Waals surface area contributed by atoms with E-state index >= 15 is 0 Å². The Morgan fingerprint density at radius 1 is 1.27 bits per heavy atom. The van der Waals surface area contributed by atoms with Gasteiger partial charge >= 0.3 is 0 Å². The van der Waals surface area contributed by atoms with Crippen LogP contribution in [-0.2, 0) is 4.79 Å². The fourth-order valence-electron chi connectivity index (χ4n) is 1.56. The molecule has 0 radical (unpaired) electrons. The van der Waals surface area contributed by atoms with E-state index < -0.39 is 0 Å². The molecule has 0 unspecified atom stereocenters. The second-order valence-corrected chi connectivity index (χ2v) is 6.15. The highest BCUT2D eigenvalue weighted by Gasteiger charge is 2.04. The Hall–Kier alpha value is -1.80. The molecule has 2 rings (SSSR count). The van der Waals surface area contributed by atoms with Crippen molar-refractivity contribution in [2.45, 2.75) is 11.3 Å². The van der Waals surface area contributed by atoms with Crippen molar-refractivity contribution >= 4 is 29.0 Å². The van der Waals surface area contributed by atoms with E-state index in [4.69, 9.17) is 9.47 Å². The van der Waals surface area contributed by atoms with E-state index in [1.165, 1.54) is 23.1 Å². The van der Waals surface area contributed by atoms with Crippen LogP contribution in [0.1, 0.15) is 6.92 Å². The number of rotatable bonds is 9. The standard InChI is InChI=1S/C14H17N3O3S2/c1-2-19-11-3-5-12(6-4-11)20-8-7-15-13(18)9-21-14-17-16-10-22-14/h3-6,10H,2,7-9H2,1H3,(H,15,18). The maximum absolute atomic E-state index is 11.6. The molecule has 0 aliphatic carbocycles. The minimum Gasteiger partial charge on any atom is -0.494 e. The van der Waals surface area contributed by atoms with Crippen LogP contribution < -0.4 is 14.8 Å². The first-order chi connectivity index (χ1) is 10.8. The normalized spacial score (nSPS) is 10.2. The molecular formula is C14H17N3O3S2. The molecule has 1 heterocycles. The third-order valence-electron chi connectivity index (χ3n) is 2.49. The summed E-state index contributed by atoms with van der Waals surface area (Å²) in [6.07, 6.45) is 0. The van der Waals surface area contributed by atoms with Crippen molar-refractivity contribution in [1.82, 2.24) is 15.5 Å². The molecule has 0 aliphatic heterocycles. The van der Waals surface area contributed by atoms with Gasteiger partial charge in [-0.1, -0.05) is 23.1 Å². The van der Waals surface area contributed by atoms with E-state index in [-0.39, 0.29) is 5.91 Å². The molecule has 8 heteroatoms. The third kappa shape index (κ3) is 5.90. The highest BCUT2D eigenvalue weighted by molar-refractivity contribution is 8.01. The van der Waals surface area contributed by atoms with Crippen molar-refractivity contribution in [2.75, 3.05) is 25.5 Å². The number of amides is 1. The molecule has 2 aromatic rings. The van der Waals surface area contributed by atoms with Gasteiger partial charge in [-0.2, -0.15) is 0 Å². The molecule has 1 amide bonds. The molecule has 0 spiro atoms. The zero-order valence-corrected chi connectivity index (χ0v) is 13.8. The summed E-state index contributed by atoms with van der Waals surface area (Å²) in [4.78, 5) is 11.6. The van der Waals surface area contributed by atoms with Crippen molar-refractivity contribution in [3.63, 3.8) is 0 Å². The molecule has 0 bridgehead atoms. The number of carbonyl (C=O) groups is 1. The van der Waals surface area contributed by atoms with Crippen LogP contribution in [0.3, 0.4) is 0 Å². The number of hydrogen-bond donors (Lipinski definition) is 1. The lowest BCUT2D eigenvalue weighted by Gasteiger charge is -2.08. The number of benzene rings is 1. The van der Waals surface area contributed by atoms with Gasteiger partial charge in [0, 0.05) is 0 Å². The Morgan fingerprint density at radius 2 is 2.00 bits per heavy atom. The van der Waals surface area contributed by atoms with Gasteiger partial charge in [0.25, 0.3) is 0 Å². The van der Waals surface area contributed by atoms with E-state index in [2.05, 4.69) is 15.5 Å². The molecule has 0 atom stereocenters. The smallest absolute Gasteiger partial charge is 0.230 e. The highest BCUT2D eigenvalue weighted by atomic mass is 32.2. The average Bonchev–Trinajstić information content (AvgIpc) is 3.05. The predicted molar refractivity (Wildman–Crippen MR) is 86.7 cm³/mol. The van der Waals surface area contributed by atoms with E-state index in [1.54, 1.807) is 5.51 Å². The molecule has 0 saturated carbocycles. The lowest BCUT2D eigenvalue weighted by Crippen LogP contribution is -2.29. The summed E-state index contributed by atoms with van der Waals surface area (Å²) in [5, 5.41) is 10.4. The summed E-state index contributed by atoms with van der Waals surface area (Å²) in [5.41, 5.74) is 1.64. The Morgan fingerprint density at radius 3 is 2.64 bits per heavy atom. The molecule has 22 heavy (non-hydrogen) atoms. The Kier molecular flexibility index (Phi) is 6.98. The molecule has 1 aromatic carbocycles. The van der Waals surface area contributed by atoms with E-state index in [9.17, 15) is 4.79 Å². The van der Waals surface area contributed by atoms with Crippen molar-refractivity contribution < 1.29 is 14.3 Å². The number of carbonyl (C=O) groups excluding carboxylic acids is 1. The lowest BCUT2D eigenvalue weighted by atomic mass is 10.3. The SMILES string of the molecule is CCOc1ccc(OCCNC(=O)CSc2nncs2)cc1. The van der Waals surface area contributed by atoms with Gasteiger partial charge < -0.3 is 14.8 Å². The van der Waals surface area contributed by atoms with E-state index in [1.807, 2.05) is 31.2 Å². The van der Waals surface area contributed by atoms with Crippen LogP contribution in [0.15, 0.2) is 34.1 Å². The summed E-state index contributed by atoms with van der Waals surface area (Å²) >= 11 is 2.79. The molecule has 1 N–H and O–H groups in total. The zero-order valence-electron chi connectivity index (χ0n) is 12.2. The monoisotopic (exact) mass is 339 g/mol. The van der Waals surface area contributed by atoms with E-state index in [0.29, 0.717) is 25.5 Å². The minimum absolute atomic E-state index is 0.0458. The minimum atomic E-state index is -0.0458. The van der Waals surface area contributed by atoms with Crippen molar-refractivity contribution in [2.24, 2.45) is 0 Å². The van der Waals surface area contributed by atoms with Gasteiger partial charge in [-0.05, 0) is 31.2 Å². The number of nitrogens with zero attached hydrogens (tertiary/aromatic N) is 2. The van der Waals surface area contributed by atoms with Crippen LogP contribution in [0.5, 0.6) is 11.5 Å². The molecule has 0 saturated heterocycles. The van der Waals surface area contributed by atoms with Crippen molar-refractivity contribution in [3.8, 4) is 11.5 Å². The van der Waals surface area contributed by atoms with Crippen LogP contribution in [0.2, 0.25) is 0 Å². The van der Waals surface area contributed by atoms with Crippen LogP contribution in [0, 0.1) is 0 Å². The van der Waals surface area contributed by atoms with Crippen LogP contribution in [0.25, 0.3) is 0 Å². The van der Waals surface area contributed by atoms with E-state index in [0.717, 1.165) is 15.8 Å². The summed E-state index contributed by atoms with van der Waals surface area (Å²) in [5.74, 6) is 1.85. The van der Waals surface area contributed by atoms with Gasteiger partial charge in [0.1, 0.15) is 23.6 Å². The second-order valence-electron chi connectivity index (χ2n) is 4.10. The van der Waals surface area contributed by atoms with Gasteiger partial charge in [0.2, 0.25) is 5.91 Å². The highest BCUT2D eigenvalue weighted by Crippen LogP contribution is 2.18. The number of nitrogens with one attached hydrogen (secondary N) is 1. The average molecular weight is 339 g/mol. The fraction of sp³-hybridized carbons (Fsp3) is 0.357. The number of thioether (sulfide) groups is 1. The first kappa shape index (κ1) is 16.6. The van der Waals surface area contributed by atoms with Gasteiger partial charge in [0.15, 0.2) is 4.34 Å². The maximum atomic E-state index is 11.6. The second kappa shape index (κ2) is 9.26. The Labute approximate surface area is 137 Å². The molecule has 0 aliphatic rings. The van der Waals surface area contributed by atoms with Gasteiger partial charge in [-0.15, -0.1) is 10.2 Å². The molecule has 118 valence electrons. The van der Waals surface area contributed by atoms with Crippen molar-refractivity contribution in [1.29, 1.82) is 0 Å². The number of aromatic nitrogens is 2. The largest absolute Gasteiger partial charge is 0.494 e. The van der Waals surface area contributed by atoms with Crippen LogP contribution in [0.4, 0.5) is 0 Å². The summed E-state index contributed by atoms with van der Waals surface area (Å²) < 4.78 is 11.7. The number of hydrogen-bond acceptors (Lipinski definition) is 7. The zero-order chi connectivity index (χ0) is 15.6. The van der Waals surface area contributed by atoms with Crippen LogP contribution >= 0.6 is 23.1 Å². The first-order valence-corrected chi connectivity index (χ1v) is 8.65. The lowest BCUT2D eigenvalue weighted by molar-refractivity contribution is -0.118.